The van der Waals surface area contributed by atoms with Crippen molar-refractivity contribution in [2.45, 2.75) is 24.5 Å². The molecule has 0 spiro atoms. The molecule has 152 valence electrons. The Morgan fingerprint density at radius 2 is 1.96 bits per heavy atom. The maximum Gasteiger partial charge on any atom is 0.469 e. The van der Waals surface area contributed by atoms with E-state index in [1.165, 1.54) is 0 Å². The molecule has 5 N–H and O–H groups in total. The Morgan fingerprint density at radius 3 is 2.57 bits per heavy atom. The Labute approximate surface area is 154 Å². The number of ether oxygens (including phenoxy) is 1. The van der Waals surface area contributed by atoms with Gasteiger partial charge in [-0.2, -0.15) is 0 Å². The Kier molecular flexibility index (Phi) is 5.20. The van der Waals surface area contributed by atoms with Gasteiger partial charge in [0.2, 0.25) is 0 Å². The molecule has 0 saturated carbocycles. The molecule has 3 rings (SSSR count). The minimum atomic E-state index is -4.88. The second-order valence-electron chi connectivity index (χ2n) is 5.92. The highest BCUT2D eigenvalue weighted by Crippen LogP contribution is 2.38. The van der Waals surface area contributed by atoms with Crippen LogP contribution in [0.1, 0.15) is 6.23 Å². The van der Waals surface area contributed by atoms with Crippen LogP contribution in [-0.4, -0.2) is 59.4 Å². The van der Waals surface area contributed by atoms with Crippen molar-refractivity contribution in [2.24, 2.45) is 0 Å². The van der Waals surface area contributed by atoms with Crippen molar-refractivity contribution >= 4 is 24.4 Å². The predicted molar refractivity (Wildman–Crippen MR) is 89.4 cm³/mol. The number of nitro benzene ring substituents is 1. The number of nitrogens with one attached hydrogen (secondary N) is 1. The molecule has 28 heavy (non-hydrogen) atoms. The first-order valence-electron chi connectivity index (χ1n) is 7.64. The van der Waals surface area contributed by atoms with E-state index in [-0.39, 0.29) is 10.9 Å². The summed E-state index contributed by atoms with van der Waals surface area (Å²) in [5, 5.41) is 30.9. The Balaban J connectivity index is 2.05. The molecule has 0 radical (unpaired) electrons. The first kappa shape index (κ1) is 20.3. The molecule has 1 aromatic carbocycles. The number of aromatic nitrogens is 2. The van der Waals surface area contributed by atoms with Gasteiger partial charge in [0, 0.05) is 12.1 Å². The highest BCUT2D eigenvalue weighted by atomic mass is 31.2. The summed E-state index contributed by atoms with van der Waals surface area (Å²) in [6.45, 7) is -0.791. The zero-order valence-electron chi connectivity index (χ0n) is 13.7. The van der Waals surface area contributed by atoms with Crippen molar-refractivity contribution < 1.29 is 38.7 Å². The minimum Gasteiger partial charge on any atom is -0.387 e. The fraction of sp³-hybridized carbons (Fsp3) is 0.385. The molecule has 1 aliphatic rings. The normalized spacial score (nSPS) is 25.3. The van der Waals surface area contributed by atoms with E-state index in [2.05, 4.69) is 4.52 Å². The topological polar surface area (TPSA) is 214 Å². The third kappa shape index (κ3) is 3.74. The Bertz CT molecular complexity index is 1090. The lowest BCUT2D eigenvalue weighted by molar-refractivity contribution is -0.384. The smallest absolute Gasteiger partial charge is 0.387 e. The molecule has 0 bridgehead atoms. The summed E-state index contributed by atoms with van der Waals surface area (Å²) in [4.78, 5) is 53.9. The van der Waals surface area contributed by atoms with Crippen molar-refractivity contribution in [1.29, 1.82) is 0 Å². The molecule has 1 aliphatic heterocycles. The molecule has 4 atom stereocenters. The van der Waals surface area contributed by atoms with Gasteiger partial charge in [0.05, 0.1) is 22.4 Å². The van der Waals surface area contributed by atoms with Gasteiger partial charge in [-0.3, -0.25) is 29.0 Å². The summed E-state index contributed by atoms with van der Waals surface area (Å²) < 4.78 is 21.1. The molecule has 1 aromatic heterocycles. The molecular formula is C13H14N3O11P. The van der Waals surface area contributed by atoms with Crippen molar-refractivity contribution in [3.05, 3.63) is 49.2 Å². The second kappa shape index (κ2) is 7.18. The largest absolute Gasteiger partial charge is 0.469 e. The molecule has 2 aromatic rings. The lowest BCUT2D eigenvalue weighted by atomic mass is 10.1. The van der Waals surface area contributed by atoms with Gasteiger partial charge in [-0.15, -0.1) is 0 Å². The van der Waals surface area contributed by atoms with E-state index >= 15 is 0 Å². The average molecular weight is 419 g/mol. The van der Waals surface area contributed by atoms with Crippen LogP contribution in [0.25, 0.3) is 10.9 Å². The SMILES string of the molecule is O=c1[nH]c(=O)n([C@@H]2OC(COP(=O)(O)O)[C@@H](O)[C@H]2O)c2ccc([N+](=O)[O-])cc12. The standard InChI is InChI=1S/C13H14N3O11P/c17-9-8(4-26-28(23,24)25)27-12(10(9)18)15-7-2-1-5(16(21)22)3-6(7)11(19)14-13(15)20/h1-3,8-10,12,17-18H,4H2,(H,14,19,20)(H2,23,24,25)/t8?,9-,10-,12-/m1/s1. The highest BCUT2D eigenvalue weighted by molar-refractivity contribution is 7.46. The third-order valence-corrected chi connectivity index (χ3v) is 4.62. The van der Waals surface area contributed by atoms with Crippen LogP contribution in [0.2, 0.25) is 0 Å². The van der Waals surface area contributed by atoms with E-state index in [1.807, 2.05) is 4.98 Å². The van der Waals surface area contributed by atoms with E-state index in [4.69, 9.17) is 14.5 Å². The van der Waals surface area contributed by atoms with Crippen LogP contribution in [0.4, 0.5) is 5.69 Å². The summed E-state index contributed by atoms with van der Waals surface area (Å²) >= 11 is 0. The number of benzene rings is 1. The number of non-ortho nitro benzene ring substituents is 1. The number of nitrogens with zero attached hydrogens (tertiary/aromatic N) is 2. The quantitative estimate of drug-likeness (QED) is 0.210. The average Bonchev–Trinajstić information content (AvgIpc) is 2.87. The number of fused-ring (bicyclic) bond motifs is 1. The number of hydrogen-bond donors (Lipinski definition) is 5. The monoisotopic (exact) mass is 419 g/mol. The Morgan fingerprint density at radius 1 is 1.29 bits per heavy atom. The predicted octanol–water partition coefficient (Wildman–Crippen LogP) is -1.67. The van der Waals surface area contributed by atoms with E-state index in [9.17, 15) is 34.5 Å². The summed E-state index contributed by atoms with van der Waals surface area (Å²) in [6, 6.07) is 3.06. The van der Waals surface area contributed by atoms with Crippen LogP contribution in [-0.2, 0) is 13.8 Å². The zero-order chi connectivity index (χ0) is 20.8. The lowest BCUT2D eigenvalue weighted by Crippen LogP contribution is -2.38. The molecule has 14 nitrogen and oxygen atoms in total. The first-order valence-corrected chi connectivity index (χ1v) is 9.17. The number of phosphoric acid groups is 1. The van der Waals surface area contributed by atoms with Crippen LogP contribution in [0, 0.1) is 10.1 Å². The summed E-state index contributed by atoms with van der Waals surface area (Å²) in [6.07, 6.45) is -6.37. The van der Waals surface area contributed by atoms with E-state index in [0.29, 0.717) is 0 Å². The fourth-order valence-electron chi connectivity index (χ4n) is 2.87. The Hall–Kier alpha value is -2.45. The van der Waals surface area contributed by atoms with Gasteiger partial charge in [-0.25, -0.2) is 9.36 Å². The van der Waals surface area contributed by atoms with Gasteiger partial charge in [0.15, 0.2) is 6.23 Å². The second-order valence-corrected chi connectivity index (χ2v) is 7.16. The molecule has 1 unspecified atom stereocenters. The zero-order valence-corrected chi connectivity index (χ0v) is 14.6. The lowest BCUT2D eigenvalue weighted by Gasteiger charge is -2.19. The fourth-order valence-corrected chi connectivity index (χ4v) is 3.21. The number of aliphatic hydroxyl groups is 2. The number of nitro groups is 1. The van der Waals surface area contributed by atoms with E-state index in [0.717, 1.165) is 22.8 Å². The van der Waals surface area contributed by atoms with Crippen LogP contribution in [0.15, 0.2) is 27.8 Å². The van der Waals surface area contributed by atoms with Gasteiger partial charge in [-0.1, -0.05) is 0 Å². The summed E-state index contributed by atoms with van der Waals surface area (Å²) in [7, 11) is -4.88. The number of aliphatic hydroxyl groups excluding tert-OH is 2. The van der Waals surface area contributed by atoms with Crippen molar-refractivity contribution in [3.8, 4) is 0 Å². The summed E-state index contributed by atoms with van der Waals surface area (Å²) in [5.74, 6) is 0. The van der Waals surface area contributed by atoms with Gasteiger partial charge in [0.1, 0.15) is 18.3 Å². The van der Waals surface area contributed by atoms with Gasteiger partial charge < -0.3 is 24.7 Å². The van der Waals surface area contributed by atoms with Crippen molar-refractivity contribution in [2.75, 3.05) is 6.61 Å². The minimum absolute atomic E-state index is 0.118. The van der Waals surface area contributed by atoms with Crippen LogP contribution >= 0.6 is 7.82 Å². The van der Waals surface area contributed by atoms with Crippen molar-refractivity contribution in [3.63, 3.8) is 0 Å². The number of rotatable bonds is 5. The molecule has 2 heterocycles. The van der Waals surface area contributed by atoms with Crippen LogP contribution < -0.4 is 11.2 Å². The maximum atomic E-state index is 12.3. The van der Waals surface area contributed by atoms with Crippen LogP contribution in [0.5, 0.6) is 0 Å². The molecule has 1 saturated heterocycles. The van der Waals surface area contributed by atoms with Crippen molar-refractivity contribution in [1.82, 2.24) is 9.55 Å². The number of aromatic amines is 1. The number of H-pyrrole nitrogens is 1. The number of hydrogen-bond acceptors (Lipinski definition) is 9. The van der Waals surface area contributed by atoms with E-state index < -0.39 is 60.8 Å². The third-order valence-electron chi connectivity index (χ3n) is 4.13. The molecule has 0 aliphatic carbocycles. The molecule has 15 heteroatoms. The molecule has 1 fully saturated rings. The first-order chi connectivity index (χ1) is 13.0. The maximum absolute atomic E-state index is 12.3. The molecule has 0 amide bonds. The molecular weight excluding hydrogens is 405 g/mol. The van der Waals surface area contributed by atoms with Crippen LogP contribution in [0.3, 0.4) is 0 Å². The van der Waals surface area contributed by atoms with Gasteiger partial charge in [0.25, 0.3) is 11.2 Å². The summed E-state index contributed by atoms with van der Waals surface area (Å²) in [5.41, 5.74) is -2.47. The van der Waals surface area contributed by atoms with Gasteiger partial charge >= 0.3 is 13.5 Å². The van der Waals surface area contributed by atoms with E-state index in [1.54, 1.807) is 0 Å². The van der Waals surface area contributed by atoms with Gasteiger partial charge in [-0.05, 0) is 6.07 Å². The number of phosphoric ester groups is 1. The highest BCUT2D eigenvalue weighted by Gasteiger charge is 2.45.